The monoisotopic (exact) mass is 246 g/mol. The summed E-state index contributed by atoms with van der Waals surface area (Å²) in [6.07, 6.45) is 0. The summed E-state index contributed by atoms with van der Waals surface area (Å²) in [6.45, 7) is -1.94. The molecule has 0 aliphatic heterocycles. The van der Waals surface area contributed by atoms with Crippen molar-refractivity contribution in [2.45, 2.75) is 5.92 Å². The van der Waals surface area contributed by atoms with E-state index in [4.69, 9.17) is 22.0 Å². The van der Waals surface area contributed by atoms with E-state index in [1.807, 2.05) is 6.07 Å². The zero-order chi connectivity index (χ0) is 12.2. The number of nitrogens with one attached hydrogen (secondary N) is 1. The second-order valence-electron chi connectivity index (χ2n) is 3.17. The Labute approximate surface area is 96.3 Å². The predicted octanol–water partition coefficient (Wildman–Crippen LogP) is 2.25. The summed E-state index contributed by atoms with van der Waals surface area (Å²) < 4.78 is 25.4. The van der Waals surface area contributed by atoms with Crippen molar-refractivity contribution in [3.63, 3.8) is 0 Å². The van der Waals surface area contributed by atoms with E-state index in [0.29, 0.717) is 11.3 Å². The first-order valence-electron chi connectivity index (χ1n) is 4.41. The maximum absolute atomic E-state index is 12.7. The summed E-state index contributed by atoms with van der Waals surface area (Å²) >= 11 is 5.76. The molecule has 0 bridgehead atoms. The van der Waals surface area contributed by atoms with Gasteiger partial charge in [0.1, 0.15) is 6.61 Å². The van der Waals surface area contributed by atoms with Crippen LogP contribution in [0.2, 0.25) is 5.02 Å². The first-order valence-corrected chi connectivity index (χ1v) is 4.78. The number of aliphatic hydroxyl groups is 1. The Morgan fingerprint density at radius 1 is 1.50 bits per heavy atom. The van der Waals surface area contributed by atoms with Crippen LogP contribution in [-0.4, -0.2) is 24.2 Å². The van der Waals surface area contributed by atoms with Gasteiger partial charge < -0.3 is 10.4 Å². The SMILES string of the molecule is N#Cc1ccc(NCC(F)(F)CO)c(Cl)c1. The van der Waals surface area contributed by atoms with Crippen molar-refractivity contribution in [1.82, 2.24) is 0 Å². The quantitative estimate of drug-likeness (QED) is 0.857. The molecule has 0 amide bonds. The lowest BCUT2D eigenvalue weighted by Gasteiger charge is -2.15. The molecule has 0 fully saturated rings. The Hall–Kier alpha value is -1.38. The third kappa shape index (κ3) is 3.33. The van der Waals surface area contributed by atoms with Crippen molar-refractivity contribution in [3.05, 3.63) is 28.8 Å². The van der Waals surface area contributed by atoms with Gasteiger partial charge in [-0.05, 0) is 18.2 Å². The number of alkyl halides is 2. The fraction of sp³-hybridized carbons (Fsp3) is 0.300. The largest absolute Gasteiger partial charge is 0.390 e. The van der Waals surface area contributed by atoms with Gasteiger partial charge in [-0.25, -0.2) is 8.78 Å². The lowest BCUT2D eigenvalue weighted by atomic mass is 10.2. The van der Waals surface area contributed by atoms with Crippen LogP contribution in [0.15, 0.2) is 18.2 Å². The summed E-state index contributed by atoms with van der Waals surface area (Å²) in [5.41, 5.74) is 0.651. The van der Waals surface area contributed by atoms with Gasteiger partial charge in [-0.2, -0.15) is 5.26 Å². The average molecular weight is 247 g/mol. The van der Waals surface area contributed by atoms with Crippen molar-refractivity contribution >= 4 is 17.3 Å². The number of benzene rings is 1. The second-order valence-corrected chi connectivity index (χ2v) is 3.58. The van der Waals surface area contributed by atoms with Crippen LogP contribution in [0.25, 0.3) is 0 Å². The van der Waals surface area contributed by atoms with Crippen LogP contribution < -0.4 is 5.32 Å². The Morgan fingerprint density at radius 3 is 2.69 bits per heavy atom. The standard InChI is InChI=1S/C10H9ClF2N2O/c11-8-3-7(4-14)1-2-9(8)15-5-10(12,13)6-16/h1-3,15-16H,5-6H2. The molecule has 0 atom stereocenters. The van der Waals surface area contributed by atoms with Gasteiger partial charge in [0.15, 0.2) is 0 Å². The van der Waals surface area contributed by atoms with E-state index < -0.39 is 19.1 Å². The molecule has 0 heterocycles. The molecule has 0 saturated heterocycles. The molecule has 86 valence electrons. The second kappa shape index (κ2) is 5.10. The Bertz CT molecular complexity index is 418. The van der Waals surface area contributed by atoms with Crippen LogP contribution in [0.3, 0.4) is 0 Å². The van der Waals surface area contributed by atoms with Gasteiger partial charge in [-0.3, -0.25) is 0 Å². The lowest BCUT2D eigenvalue weighted by Crippen LogP contribution is -2.31. The van der Waals surface area contributed by atoms with E-state index in [9.17, 15) is 8.78 Å². The number of nitriles is 1. The Balaban J connectivity index is 2.73. The van der Waals surface area contributed by atoms with Crippen LogP contribution in [0.5, 0.6) is 0 Å². The van der Waals surface area contributed by atoms with Crippen LogP contribution in [0.1, 0.15) is 5.56 Å². The molecule has 1 rings (SSSR count). The van der Waals surface area contributed by atoms with Gasteiger partial charge in [0.05, 0.1) is 28.9 Å². The highest BCUT2D eigenvalue weighted by Gasteiger charge is 2.27. The van der Waals surface area contributed by atoms with Gasteiger partial charge in [0.25, 0.3) is 5.92 Å². The van der Waals surface area contributed by atoms with Crippen LogP contribution in [-0.2, 0) is 0 Å². The fourth-order valence-electron chi connectivity index (χ4n) is 1.01. The fourth-order valence-corrected chi connectivity index (χ4v) is 1.26. The highest BCUT2D eigenvalue weighted by Crippen LogP contribution is 2.24. The molecular weight excluding hydrogens is 238 g/mol. The number of halogens is 3. The molecule has 1 aromatic rings. The maximum Gasteiger partial charge on any atom is 0.287 e. The number of nitrogens with zero attached hydrogens (tertiary/aromatic N) is 1. The van der Waals surface area contributed by atoms with Gasteiger partial charge in [0.2, 0.25) is 0 Å². The molecule has 3 nitrogen and oxygen atoms in total. The van der Waals surface area contributed by atoms with Gasteiger partial charge in [-0.15, -0.1) is 0 Å². The first kappa shape index (κ1) is 12.7. The number of aliphatic hydroxyl groups excluding tert-OH is 1. The van der Waals surface area contributed by atoms with Crippen molar-refractivity contribution in [2.24, 2.45) is 0 Å². The molecule has 6 heteroatoms. The molecule has 16 heavy (non-hydrogen) atoms. The molecular formula is C10H9ClF2N2O. The van der Waals surface area contributed by atoms with E-state index in [1.54, 1.807) is 0 Å². The third-order valence-corrected chi connectivity index (χ3v) is 2.18. The van der Waals surface area contributed by atoms with Gasteiger partial charge in [-0.1, -0.05) is 11.6 Å². The molecule has 1 aromatic carbocycles. The number of hydrogen-bond donors (Lipinski definition) is 2. The molecule has 0 spiro atoms. The van der Waals surface area contributed by atoms with E-state index in [1.165, 1.54) is 18.2 Å². The van der Waals surface area contributed by atoms with E-state index in [-0.39, 0.29) is 5.02 Å². The predicted molar refractivity (Wildman–Crippen MR) is 56.7 cm³/mol. The summed E-state index contributed by atoms with van der Waals surface area (Å²) in [7, 11) is 0. The number of rotatable bonds is 4. The number of anilines is 1. The molecule has 0 saturated carbocycles. The minimum Gasteiger partial charge on any atom is -0.390 e. The molecule has 0 aromatic heterocycles. The van der Waals surface area contributed by atoms with E-state index >= 15 is 0 Å². The molecule has 0 aliphatic rings. The molecule has 0 radical (unpaired) electrons. The minimum atomic E-state index is -3.20. The zero-order valence-electron chi connectivity index (χ0n) is 8.17. The van der Waals surface area contributed by atoms with Crippen LogP contribution in [0.4, 0.5) is 14.5 Å². The first-order chi connectivity index (χ1) is 7.48. The highest BCUT2D eigenvalue weighted by molar-refractivity contribution is 6.33. The third-order valence-electron chi connectivity index (χ3n) is 1.87. The Kier molecular flexibility index (Phi) is 4.05. The van der Waals surface area contributed by atoms with Crippen LogP contribution in [0, 0.1) is 11.3 Å². The van der Waals surface area contributed by atoms with Gasteiger partial charge >= 0.3 is 0 Å². The minimum absolute atomic E-state index is 0.188. The normalized spacial score (nSPS) is 10.9. The van der Waals surface area contributed by atoms with Gasteiger partial charge in [0, 0.05) is 0 Å². The average Bonchev–Trinajstić information content (AvgIpc) is 2.27. The number of hydrogen-bond acceptors (Lipinski definition) is 3. The maximum atomic E-state index is 12.7. The van der Waals surface area contributed by atoms with Crippen molar-refractivity contribution < 1.29 is 13.9 Å². The van der Waals surface area contributed by atoms with Crippen molar-refractivity contribution in [3.8, 4) is 6.07 Å². The summed E-state index contributed by atoms with van der Waals surface area (Å²) in [4.78, 5) is 0. The lowest BCUT2D eigenvalue weighted by molar-refractivity contribution is -0.0372. The molecule has 2 N–H and O–H groups in total. The van der Waals surface area contributed by atoms with Crippen molar-refractivity contribution in [2.75, 3.05) is 18.5 Å². The van der Waals surface area contributed by atoms with E-state index in [2.05, 4.69) is 5.32 Å². The zero-order valence-corrected chi connectivity index (χ0v) is 8.93. The van der Waals surface area contributed by atoms with Crippen molar-refractivity contribution in [1.29, 1.82) is 5.26 Å². The summed E-state index contributed by atoms with van der Waals surface area (Å²) in [5.74, 6) is -3.20. The smallest absolute Gasteiger partial charge is 0.287 e. The summed E-state index contributed by atoms with van der Waals surface area (Å²) in [6, 6.07) is 6.16. The highest BCUT2D eigenvalue weighted by atomic mass is 35.5. The molecule has 0 unspecified atom stereocenters. The molecule has 0 aliphatic carbocycles. The Morgan fingerprint density at radius 2 is 2.19 bits per heavy atom. The van der Waals surface area contributed by atoms with E-state index in [0.717, 1.165) is 0 Å². The van der Waals surface area contributed by atoms with Crippen LogP contribution >= 0.6 is 11.6 Å². The topological polar surface area (TPSA) is 56.0 Å². The summed E-state index contributed by atoms with van der Waals surface area (Å²) in [5, 5.41) is 19.5.